The van der Waals surface area contributed by atoms with Gasteiger partial charge in [0.05, 0.1) is 0 Å². The van der Waals surface area contributed by atoms with Crippen LogP contribution in [0.15, 0.2) is 30.5 Å². The maximum atomic E-state index is 13.6. The molecule has 0 saturated heterocycles. The third-order valence-corrected chi connectivity index (χ3v) is 4.79. The molecule has 2 rings (SSSR count). The highest BCUT2D eigenvalue weighted by Crippen LogP contribution is 2.17. The van der Waals surface area contributed by atoms with Crippen molar-refractivity contribution >= 4 is 36.9 Å². The molecule has 1 heterocycles. The van der Waals surface area contributed by atoms with Gasteiger partial charge in [-0.3, -0.25) is 9.91 Å². The van der Waals surface area contributed by atoms with E-state index >= 15 is 0 Å². The van der Waals surface area contributed by atoms with E-state index in [0.29, 0.717) is 31.6 Å². The van der Waals surface area contributed by atoms with Crippen molar-refractivity contribution in [2.45, 2.75) is 53.1 Å². The van der Waals surface area contributed by atoms with Crippen molar-refractivity contribution < 1.29 is 18.7 Å². The van der Waals surface area contributed by atoms with Gasteiger partial charge >= 0.3 is 12.1 Å². The second-order valence-corrected chi connectivity index (χ2v) is 9.77. The van der Waals surface area contributed by atoms with Gasteiger partial charge in [0.15, 0.2) is 0 Å². The molecule has 37 heavy (non-hydrogen) atoms. The van der Waals surface area contributed by atoms with Gasteiger partial charge in [-0.25, -0.2) is 29.4 Å². The highest BCUT2D eigenvalue weighted by Gasteiger charge is 2.22. The Bertz CT molecular complexity index is 1100. The van der Waals surface area contributed by atoms with Crippen LogP contribution in [-0.4, -0.2) is 55.2 Å². The van der Waals surface area contributed by atoms with Crippen LogP contribution < -0.4 is 26.1 Å². The van der Waals surface area contributed by atoms with Gasteiger partial charge in [-0.15, -0.1) is 0 Å². The number of anilines is 2. The molecule has 0 aliphatic rings. The Morgan fingerprint density at radius 2 is 1.89 bits per heavy atom. The average Bonchev–Trinajstić information content (AvgIpc) is 2.80. The molecule has 2 aromatic rings. The van der Waals surface area contributed by atoms with Gasteiger partial charge in [0.1, 0.15) is 31.2 Å². The first kappa shape index (κ1) is 29.4. The Morgan fingerprint density at radius 1 is 1.22 bits per heavy atom. The number of benzene rings is 1. The summed E-state index contributed by atoms with van der Waals surface area (Å²) in [6, 6.07) is 6.93. The molecule has 0 atom stereocenters. The number of amides is 3. The molecule has 0 aliphatic heterocycles. The smallest absolute Gasteiger partial charge is 0.407 e. The second-order valence-electron chi connectivity index (χ2n) is 9.77. The number of halogens is 1. The van der Waals surface area contributed by atoms with Gasteiger partial charge in [0.25, 0.3) is 0 Å². The Balaban J connectivity index is 2.15. The first-order valence-corrected chi connectivity index (χ1v) is 12.0. The molecule has 0 fully saturated rings. The zero-order chi connectivity index (χ0) is 27.6. The summed E-state index contributed by atoms with van der Waals surface area (Å²) in [6.45, 7) is 10.3. The van der Waals surface area contributed by atoms with Crippen LogP contribution >= 0.6 is 0 Å². The van der Waals surface area contributed by atoms with Gasteiger partial charge < -0.3 is 10.1 Å². The molecule has 3 amide bonds. The standard InChI is InChI=1S/C25H33BFN7O3/c1-17(2)16-34(22-20(26)15-30-21(14-28)31-22)32-23(35)33(19-10-8-18(27)9-11-19)13-7-6-12-29-24(36)37-25(3,4)5/h8-11,15,17H,6-7,12-13,16H2,1-5H3,(H,29,36)(H,32,35). The van der Waals surface area contributed by atoms with Crippen LogP contribution in [-0.2, 0) is 4.74 Å². The summed E-state index contributed by atoms with van der Waals surface area (Å²) < 4.78 is 18.8. The summed E-state index contributed by atoms with van der Waals surface area (Å²) in [5.74, 6) is -0.197. The molecule has 12 heteroatoms. The van der Waals surface area contributed by atoms with Crippen molar-refractivity contribution in [3.05, 3.63) is 42.1 Å². The molecule has 2 radical (unpaired) electrons. The van der Waals surface area contributed by atoms with Crippen molar-refractivity contribution in [1.82, 2.24) is 20.7 Å². The first-order valence-electron chi connectivity index (χ1n) is 12.0. The van der Waals surface area contributed by atoms with E-state index in [4.69, 9.17) is 12.6 Å². The fraction of sp³-hybridized carbons (Fsp3) is 0.480. The van der Waals surface area contributed by atoms with Crippen LogP contribution in [0.1, 0.15) is 53.3 Å². The summed E-state index contributed by atoms with van der Waals surface area (Å²) in [5.41, 5.74) is 2.90. The minimum absolute atomic E-state index is 0.0833. The number of hydrogen-bond acceptors (Lipinski definition) is 7. The number of carbonyl (C=O) groups is 2. The van der Waals surface area contributed by atoms with E-state index < -0.39 is 23.5 Å². The van der Waals surface area contributed by atoms with Crippen LogP contribution in [0.5, 0.6) is 0 Å². The van der Waals surface area contributed by atoms with E-state index in [1.165, 1.54) is 40.4 Å². The van der Waals surface area contributed by atoms with Gasteiger partial charge in [-0.05, 0) is 69.3 Å². The number of rotatable bonds is 10. The van der Waals surface area contributed by atoms with Crippen molar-refractivity contribution in [3.8, 4) is 6.07 Å². The third-order valence-electron chi connectivity index (χ3n) is 4.79. The maximum absolute atomic E-state index is 13.6. The van der Waals surface area contributed by atoms with E-state index in [1.807, 2.05) is 19.9 Å². The lowest BCUT2D eigenvalue weighted by Gasteiger charge is -2.31. The number of nitrogens with zero attached hydrogens (tertiary/aromatic N) is 5. The summed E-state index contributed by atoms with van der Waals surface area (Å²) >= 11 is 0. The summed E-state index contributed by atoms with van der Waals surface area (Å²) in [5, 5.41) is 13.4. The Hall–Kier alpha value is -3.88. The van der Waals surface area contributed by atoms with E-state index in [-0.39, 0.29) is 29.6 Å². The molecule has 0 aliphatic carbocycles. The van der Waals surface area contributed by atoms with Crippen molar-refractivity contribution in [2.75, 3.05) is 29.5 Å². The highest BCUT2D eigenvalue weighted by atomic mass is 19.1. The molecule has 196 valence electrons. The number of aromatic nitrogens is 2. The second kappa shape index (κ2) is 13.4. The topological polar surface area (TPSA) is 123 Å². The highest BCUT2D eigenvalue weighted by molar-refractivity contribution is 6.35. The number of nitriles is 1. The predicted molar refractivity (Wildman–Crippen MR) is 140 cm³/mol. The van der Waals surface area contributed by atoms with E-state index in [9.17, 15) is 19.2 Å². The monoisotopic (exact) mass is 509 g/mol. The molecule has 0 unspecified atom stereocenters. The Kier molecular flexibility index (Phi) is 10.7. The van der Waals surface area contributed by atoms with Crippen LogP contribution in [0, 0.1) is 23.1 Å². The quantitative estimate of drug-likeness (QED) is 0.287. The molecule has 1 aromatic carbocycles. The minimum atomic E-state index is -0.593. The van der Waals surface area contributed by atoms with Crippen molar-refractivity contribution in [2.24, 2.45) is 5.92 Å². The fourth-order valence-electron chi connectivity index (χ4n) is 3.25. The minimum Gasteiger partial charge on any atom is -0.444 e. The number of hydrazine groups is 1. The Labute approximate surface area is 218 Å². The molecule has 2 N–H and O–H groups in total. The molecule has 10 nitrogen and oxygen atoms in total. The Morgan fingerprint density at radius 3 is 2.49 bits per heavy atom. The van der Waals surface area contributed by atoms with Gasteiger partial charge in [-0.2, -0.15) is 5.26 Å². The van der Waals surface area contributed by atoms with E-state index in [0.717, 1.165) is 0 Å². The lowest BCUT2D eigenvalue weighted by atomic mass is 9.98. The average molecular weight is 509 g/mol. The summed E-state index contributed by atoms with van der Waals surface area (Å²) in [6.07, 6.45) is 1.92. The van der Waals surface area contributed by atoms with Crippen molar-refractivity contribution in [1.29, 1.82) is 5.26 Å². The maximum Gasteiger partial charge on any atom is 0.407 e. The predicted octanol–water partition coefficient (Wildman–Crippen LogP) is 3.18. The molecule has 0 bridgehead atoms. The zero-order valence-electron chi connectivity index (χ0n) is 21.9. The van der Waals surface area contributed by atoms with Crippen LogP contribution in [0.4, 0.5) is 25.5 Å². The lowest BCUT2D eigenvalue weighted by Crippen LogP contribution is -2.52. The van der Waals surface area contributed by atoms with Gasteiger partial charge in [0, 0.05) is 31.5 Å². The van der Waals surface area contributed by atoms with Gasteiger partial charge in [0.2, 0.25) is 5.82 Å². The number of unbranched alkanes of at least 4 members (excludes halogenated alkanes) is 1. The van der Waals surface area contributed by atoms with Crippen LogP contribution in [0.2, 0.25) is 0 Å². The van der Waals surface area contributed by atoms with Crippen molar-refractivity contribution in [3.63, 3.8) is 0 Å². The number of ether oxygens (including phenoxy) is 1. The molecule has 1 aromatic heterocycles. The number of carbonyl (C=O) groups excluding carboxylic acids is 2. The van der Waals surface area contributed by atoms with Gasteiger partial charge in [-0.1, -0.05) is 13.8 Å². The lowest BCUT2D eigenvalue weighted by molar-refractivity contribution is 0.0527. The first-order chi connectivity index (χ1) is 17.4. The molecular formula is C25H33BFN7O3. The summed E-state index contributed by atoms with van der Waals surface area (Å²) in [7, 11) is 6.05. The fourth-order valence-corrected chi connectivity index (χ4v) is 3.25. The largest absolute Gasteiger partial charge is 0.444 e. The summed E-state index contributed by atoms with van der Waals surface area (Å²) in [4.78, 5) is 34.8. The van der Waals surface area contributed by atoms with E-state index in [2.05, 4.69) is 20.7 Å². The number of nitrogens with one attached hydrogen (secondary N) is 2. The SMILES string of the molecule is [B]c1cnc(C#N)nc1N(CC(C)C)NC(=O)N(CCCCNC(=O)OC(C)(C)C)c1ccc(F)cc1. The van der Waals surface area contributed by atoms with Crippen LogP contribution in [0.25, 0.3) is 0 Å². The third kappa shape index (κ3) is 9.95. The molecule has 0 saturated carbocycles. The normalized spacial score (nSPS) is 11.0. The molecule has 0 spiro atoms. The number of urea groups is 1. The van der Waals surface area contributed by atoms with E-state index in [1.54, 1.807) is 20.8 Å². The zero-order valence-corrected chi connectivity index (χ0v) is 21.9. The van der Waals surface area contributed by atoms with Crippen LogP contribution in [0.3, 0.4) is 0 Å². The molecular weight excluding hydrogens is 476 g/mol. The number of hydrogen-bond donors (Lipinski definition) is 2. The number of alkyl carbamates (subject to hydrolysis) is 1.